The molecule has 0 saturated heterocycles. The molecule has 86 valence electrons. The summed E-state index contributed by atoms with van der Waals surface area (Å²) in [5, 5.41) is 0. The van der Waals surface area contributed by atoms with Gasteiger partial charge >= 0.3 is 5.97 Å². The lowest BCUT2D eigenvalue weighted by atomic mass is 9.69. The maximum atomic E-state index is 10.8. The minimum Gasteiger partial charge on any atom is -0.465 e. The Balaban J connectivity index is 2.77. The standard InChI is InChI=1S/C12H19BrO2/c1-8-5-6-11(13)12(3,4)10(8)7-15-9(2)14/h5,10-11H,6-7H2,1-4H3. The average Bonchev–Trinajstić information content (AvgIpc) is 2.11. The Kier molecular flexibility index (Phi) is 3.99. The Morgan fingerprint density at radius 2 is 2.27 bits per heavy atom. The van der Waals surface area contributed by atoms with Crippen molar-refractivity contribution in [1.82, 2.24) is 0 Å². The Morgan fingerprint density at radius 1 is 1.67 bits per heavy atom. The highest BCUT2D eigenvalue weighted by atomic mass is 79.9. The highest BCUT2D eigenvalue weighted by molar-refractivity contribution is 9.09. The summed E-state index contributed by atoms with van der Waals surface area (Å²) in [7, 11) is 0. The van der Waals surface area contributed by atoms with Crippen LogP contribution in [-0.2, 0) is 9.53 Å². The van der Waals surface area contributed by atoms with Gasteiger partial charge in [0.05, 0.1) is 6.61 Å². The van der Waals surface area contributed by atoms with Crippen LogP contribution in [0.2, 0.25) is 0 Å². The van der Waals surface area contributed by atoms with E-state index in [1.165, 1.54) is 12.5 Å². The fraction of sp³-hybridized carbons (Fsp3) is 0.750. The van der Waals surface area contributed by atoms with Crippen molar-refractivity contribution >= 4 is 21.9 Å². The van der Waals surface area contributed by atoms with Gasteiger partial charge < -0.3 is 4.74 Å². The molecular formula is C12H19BrO2. The van der Waals surface area contributed by atoms with E-state index in [1.54, 1.807) is 0 Å². The van der Waals surface area contributed by atoms with E-state index >= 15 is 0 Å². The molecule has 0 spiro atoms. The van der Waals surface area contributed by atoms with E-state index < -0.39 is 0 Å². The number of ether oxygens (including phenoxy) is 1. The molecule has 1 rings (SSSR count). The molecule has 1 aliphatic carbocycles. The van der Waals surface area contributed by atoms with Crippen LogP contribution >= 0.6 is 15.9 Å². The smallest absolute Gasteiger partial charge is 0.302 e. The summed E-state index contributed by atoms with van der Waals surface area (Å²) in [6, 6.07) is 0. The van der Waals surface area contributed by atoms with Gasteiger partial charge in [0.2, 0.25) is 0 Å². The summed E-state index contributed by atoms with van der Waals surface area (Å²) in [6.07, 6.45) is 3.29. The summed E-state index contributed by atoms with van der Waals surface area (Å²) in [6.45, 7) is 8.51. The topological polar surface area (TPSA) is 26.3 Å². The van der Waals surface area contributed by atoms with Gasteiger partial charge in [-0.2, -0.15) is 0 Å². The molecule has 0 aromatic rings. The van der Waals surface area contributed by atoms with Crippen molar-refractivity contribution in [1.29, 1.82) is 0 Å². The molecule has 3 heteroatoms. The van der Waals surface area contributed by atoms with Gasteiger partial charge in [0.25, 0.3) is 0 Å². The zero-order chi connectivity index (χ0) is 11.6. The molecule has 0 bridgehead atoms. The quantitative estimate of drug-likeness (QED) is 0.439. The first kappa shape index (κ1) is 12.8. The van der Waals surface area contributed by atoms with Crippen LogP contribution in [0.5, 0.6) is 0 Å². The molecule has 0 aromatic carbocycles. The molecule has 0 aliphatic heterocycles. The van der Waals surface area contributed by atoms with Crippen LogP contribution in [0.3, 0.4) is 0 Å². The van der Waals surface area contributed by atoms with Gasteiger partial charge in [-0.25, -0.2) is 0 Å². The molecule has 2 atom stereocenters. The van der Waals surface area contributed by atoms with E-state index in [1.807, 2.05) is 0 Å². The number of hydrogen-bond acceptors (Lipinski definition) is 2. The third-order valence-electron chi connectivity index (χ3n) is 3.36. The first-order valence-corrected chi connectivity index (χ1v) is 6.21. The van der Waals surface area contributed by atoms with E-state index in [4.69, 9.17) is 4.74 Å². The molecule has 0 fully saturated rings. The lowest BCUT2D eigenvalue weighted by Crippen LogP contribution is -2.39. The van der Waals surface area contributed by atoms with Crippen molar-refractivity contribution in [3.8, 4) is 0 Å². The second-order valence-electron chi connectivity index (χ2n) is 4.83. The van der Waals surface area contributed by atoms with E-state index in [-0.39, 0.29) is 11.4 Å². The molecule has 2 unspecified atom stereocenters. The lowest BCUT2D eigenvalue weighted by Gasteiger charge is -2.41. The molecule has 1 aliphatic rings. The Bertz CT molecular complexity index is 281. The van der Waals surface area contributed by atoms with E-state index in [2.05, 4.69) is 42.8 Å². The maximum absolute atomic E-state index is 10.8. The van der Waals surface area contributed by atoms with Crippen LogP contribution in [0.4, 0.5) is 0 Å². The van der Waals surface area contributed by atoms with Crippen LogP contribution in [0.15, 0.2) is 11.6 Å². The molecule has 0 saturated carbocycles. The third kappa shape index (κ3) is 2.83. The summed E-state index contributed by atoms with van der Waals surface area (Å²) < 4.78 is 5.14. The van der Waals surface area contributed by atoms with E-state index in [0.29, 0.717) is 17.4 Å². The predicted octanol–water partition coefficient (Wildman–Crippen LogP) is 3.31. The van der Waals surface area contributed by atoms with Gasteiger partial charge in [-0.15, -0.1) is 0 Å². The monoisotopic (exact) mass is 274 g/mol. The largest absolute Gasteiger partial charge is 0.465 e. The van der Waals surface area contributed by atoms with E-state index in [0.717, 1.165) is 6.42 Å². The molecule has 2 nitrogen and oxygen atoms in total. The highest BCUT2D eigenvalue weighted by Gasteiger charge is 2.39. The molecule has 0 heterocycles. The van der Waals surface area contributed by atoms with Crippen molar-refractivity contribution in [2.75, 3.05) is 6.61 Å². The Morgan fingerprint density at radius 3 is 2.80 bits per heavy atom. The summed E-state index contributed by atoms with van der Waals surface area (Å²) in [5.41, 5.74) is 1.46. The molecule has 0 radical (unpaired) electrons. The van der Waals surface area contributed by atoms with Gasteiger partial charge in [-0.05, 0) is 18.8 Å². The number of halogens is 1. The van der Waals surface area contributed by atoms with E-state index in [9.17, 15) is 4.79 Å². The average molecular weight is 275 g/mol. The SMILES string of the molecule is CC(=O)OCC1C(C)=CCC(Br)C1(C)C. The fourth-order valence-corrected chi connectivity index (χ4v) is 2.59. The molecular weight excluding hydrogens is 256 g/mol. The van der Waals surface area contributed by atoms with Gasteiger partial charge in [0.1, 0.15) is 0 Å². The first-order valence-electron chi connectivity index (χ1n) is 5.29. The maximum Gasteiger partial charge on any atom is 0.302 e. The predicted molar refractivity (Wildman–Crippen MR) is 65.0 cm³/mol. The van der Waals surface area contributed by atoms with Crippen LogP contribution in [0.1, 0.15) is 34.1 Å². The number of alkyl halides is 1. The number of rotatable bonds is 2. The first-order chi connectivity index (χ1) is 6.85. The number of hydrogen-bond donors (Lipinski definition) is 0. The summed E-state index contributed by atoms with van der Waals surface area (Å²) >= 11 is 3.70. The lowest BCUT2D eigenvalue weighted by molar-refractivity contribution is -0.143. The molecule has 0 amide bonds. The minimum atomic E-state index is -0.199. The zero-order valence-corrected chi connectivity index (χ0v) is 11.4. The Hall–Kier alpha value is -0.310. The second-order valence-corrected chi connectivity index (χ2v) is 5.93. The van der Waals surface area contributed by atoms with Crippen molar-refractivity contribution in [3.05, 3.63) is 11.6 Å². The zero-order valence-electron chi connectivity index (χ0n) is 9.84. The second kappa shape index (κ2) is 4.69. The van der Waals surface area contributed by atoms with Crippen molar-refractivity contribution in [2.45, 2.75) is 38.9 Å². The van der Waals surface area contributed by atoms with Crippen LogP contribution in [0, 0.1) is 11.3 Å². The van der Waals surface area contributed by atoms with Gasteiger partial charge in [-0.3, -0.25) is 4.79 Å². The van der Waals surface area contributed by atoms with Crippen LogP contribution < -0.4 is 0 Å². The van der Waals surface area contributed by atoms with Crippen LogP contribution in [0.25, 0.3) is 0 Å². The van der Waals surface area contributed by atoms with Crippen molar-refractivity contribution in [2.24, 2.45) is 11.3 Å². The summed E-state index contributed by atoms with van der Waals surface area (Å²) in [4.78, 5) is 11.3. The molecule has 15 heavy (non-hydrogen) atoms. The summed E-state index contributed by atoms with van der Waals surface area (Å²) in [5.74, 6) is 0.120. The Labute approximate surface area is 100 Å². The normalized spacial score (nSPS) is 29.5. The number of esters is 1. The molecule has 0 aromatic heterocycles. The number of carbonyl (C=O) groups is 1. The van der Waals surface area contributed by atoms with Crippen LogP contribution in [-0.4, -0.2) is 17.4 Å². The third-order valence-corrected chi connectivity index (χ3v) is 4.91. The van der Waals surface area contributed by atoms with Gasteiger partial charge in [0.15, 0.2) is 0 Å². The number of carbonyl (C=O) groups excluding carboxylic acids is 1. The van der Waals surface area contributed by atoms with Crippen molar-refractivity contribution in [3.63, 3.8) is 0 Å². The minimum absolute atomic E-state index is 0.133. The number of allylic oxidation sites excluding steroid dienone is 1. The molecule has 0 N–H and O–H groups in total. The fourth-order valence-electron chi connectivity index (χ4n) is 2.09. The van der Waals surface area contributed by atoms with Gasteiger partial charge in [0, 0.05) is 17.7 Å². The highest BCUT2D eigenvalue weighted by Crippen LogP contribution is 2.44. The van der Waals surface area contributed by atoms with Crippen molar-refractivity contribution < 1.29 is 9.53 Å². The van der Waals surface area contributed by atoms with Gasteiger partial charge in [-0.1, -0.05) is 41.4 Å².